The van der Waals surface area contributed by atoms with E-state index in [0.29, 0.717) is 0 Å². The van der Waals surface area contributed by atoms with Crippen molar-refractivity contribution in [1.29, 1.82) is 0 Å². The Kier molecular flexibility index (Phi) is 2.14. The van der Waals surface area contributed by atoms with Crippen LogP contribution in [0.15, 0.2) is 0 Å². The topological polar surface area (TPSA) is 41.1 Å². The number of carbonyl (C=O) groups excluding carboxylic acids is 1. The fraction of sp³-hybridized carbons (Fsp3) is 0.857. The molecule has 0 saturated heterocycles. The molecule has 1 fully saturated rings. The van der Waals surface area contributed by atoms with Crippen molar-refractivity contribution < 1.29 is 4.79 Å². The lowest BCUT2D eigenvalue weighted by Gasteiger charge is -2.01. The lowest BCUT2D eigenvalue weighted by molar-refractivity contribution is 0.242. The smallest absolute Gasteiger partial charge is 0.314 e. The highest BCUT2D eigenvalue weighted by atomic mass is 16.2. The predicted molar refractivity (Wildman–Crippen MR) is 39.7 cm³/mol. The fourth-order valence-corrected chi connectivity index (χ4v) is 0.996. The Hall–Kier alpha value is -0.730. The predicted octanol–water partition coefficient (Wildman–Crippen LogP) is 0.571. The molecule has 2 unspecified atom stereocenters. The van der Waals surface area contributed by atoms with E-state index in [4.69, 9.17) is 0 Å². The molecule has 2 atom stereocenters. The number of nitrogens with one attached hydrogen (secondary N) is 2. The molecule has 2 amide bonds. The average Bonchev–Trinajstić information content (AvgIpc) is 2.61. The van der Waals surface area contributed by atoms with Gasteiger partial charge in [-0.2, -0.15) is 0 Å². The van der Waals surface area contributed by atoms with Crippen LogP contribution in [-0.4, -0.2) is 19.6 Å². The van der Waals surface area contributed by atoms with Gasteiger partial charge in [0.15, 0.2) is 0 Å². The van der Waals surface area contributed by atoms with Crippen molar-refractivity contribution in [1.82, 2.24) is 10.6 Å². The van der Waals surface area contributed by atoms with E-state index in [1.807, 2.05) is 0 Å². The molecule has 1 rings (SSSR count). The third-order valence-electron chi connectivity index (χ3n) is 2.03. The summed E-state index contributed by atoms with van der Waals surface area (Å²) in [6.07, 6.45) is 1.27. The van der Waals surface area contributed by atoms with E-state index in [9.17, 15) is 4.79 Å². The summed E-state index contributed by atoms with van der Waals surface area (Å²) in [7, 11) is 1.63. The summed E-state index contributed by atoms with van der Waals surface area (Å²) >= 11 is 0. The minimum absolute atomic E-state index is 0.0703. The summed E-state index contributed by atoms with van der Waals surface area (Å²) in [6, 6.07) is -0.0703. The lowest BCUT2D eigenvalue weighted by Crippen LogP contribution is -2.34. The Bertz CT molecular complexity index is 136. The Morgan fingerprint density at radius 1 is 1.70 bits per heavy atom. The van der Waals surface area contributed by atoms with Crippen molar-refractivity contribution in [3.05, 3.63) is 0 Å². The first-order chi connectivity index (χ1) is 4.74. The third-order valence-corrected chi connectivity index (χ3v) is 2.03. The summed E-state index contributed by atoms with van der Waals surface area (Å²) in [5.74, 6) is 1.55. The Labute approximate surface area is 61.2 Å². The number of hydrogen-bond acceptors (Lipinski definition) is 1. The van der Waals surface area contributed by atoms with E-state index in [-0.39, 0.29) is 6.03 Å². The molecule has 0 aromatic rings. The van der Waals surface area contributed by atoms with Gasteiger partial charge in [-0.05, 0) is 18.3 Å². The standard InChI is InChI=1S/C7H14N2O/c1-5-3-6(5)4-9-7(10)8-2/h5-6H,3-4H2,1-2H3,(H2,8,9,10). The van der Waals surface area contributed by atoms with Crippen LogP contribution in [0.5, 0.6) is 0 Å². The largest absolute Gasteiger partial charge is 0.341 e. The summed E-state index contributed by atoms with van der Waals surface area (Å²) in [5.41, 5.74) is 0. The first kappa shape index (κ1) is 7.38. The number of rotatable bonds is 2. The maximum Gasteiger partial charge on any atom is 0.314 e. The Morgan fingerprint density at radius 2 is 2.30 bits per heavy atom. The van der Waals surface area contributed by atoms with Gasteiger partial charge in [0.05, 0.1) is 0 Å². The minimum Gasteiger partial charge on any atom is -0.341 e. The van der Waals surface area contributed by atoms with Crippen molar-refractivity contribution in [3.8, 4) is 0 Å². The zero-order chi connectivity index (χ0) is 7.56. The Morgan fingerprint density at radius 3 is 2.70 bits per heavy atom. The first-order valence-corrected chi connectivity index (χ1v) is 3.69. The first-order valence-electron chi connectivity index (χ1n) is 3.69. The summed E-state index contributed by atoms with van der Waals surface area (Å²) in [5, 5.41) is 5.29. The van der Waals surface area contributed by atoms with Crippen molar-refractivity contribution in [2.45, 2.75) is 13.3 Å². The van der Waals surface area contributed by atoms with Crippen molar-refractivity contribution in [3.63, 3.8) is 0 Å². The second-order valence-electron chi connectivity index (χ2n) is 2.93. The molecule has 1 saturated carbocycles. The zero-order valence-corrected chi connectivity index (χ0v) is 6.48. The Balaban J connectivity index is 2.00. The van der Waals surface area contributed by atoms with Gasteiger partial charge in [0.2, 0.25) is 0 Å². The molecule has 0 aliphatic heterocycles. The van der Waals surface area contributed by atoms with Crippen LogP contribution in [0.1, 0.15) is 13.3 Å². The van der Waals surface area contributed by atoms with E-state index < -0.39 is 0 Å². The number of amides is 2. The van der Waals surface area contributed by atoms with Gasteiger partial charge in [-0.15, -0.1) is 0 Å². The van der Waals surface area contributed by atoms with Crippen LogP contribution in [0, 0.1) is 11.8 Å². The molecule has 10 heavy (non-hydrogen) atoms. The van der Waals surface area contributed by atoms with Gasteiger partial charge in [0.25, 0.3) is 0 Å². The molecule has 3 heteroatoms. The van der Waals surface area contributed by atoms with Crippen LogP contribution in [-0.2, 0) is 0 Å². The van der Waals surface area contributed by atoms with Crippen LogP contribution in [0.2, 0.25) is 0 Å². The quantitative estimate of drug-likeness (QED) is 0.581. The van der Waals surface area contributed by atoms with E-state index in [2.05, 4.69) is 17.6 Å². The number of hydrogen-bond donors (Lipinski definition) is 2. The summed E-state index contributed by atoms with van der Waals surface area (Å²) < 4.78 is 0. The molecule has 0 aromatic carbocycles. The monoisotopic (exact) mass is 142 g/mol. The van der Waals surface area contributed by atoms with Crippen LogP contribution >= 0.6 is 0 Å². The van der Waals surface area contributed by atoms with Gasteiger partial charge in [-0.25, -0.2) is 4.79 Å². The van der Waals surface area contributed by atoms with Crippen LogP contribution < -0.4 is 10.6 Å². The van der Waals surface area contributed by atoms with Gasteiger partial charge < -0.3 is 10.6 Å². The van der Waals surface area contributed by atoms with Gasteiger partial charge in [-0.1, -0.05) is 6.92 Å². The normalized spacial score (nSPS) is 29.4. The molecular formula is C7H14N2O. The lowest BCUT2D eigenvalue weighted by atomic mass is 10.3. The molecule has 0 aromatic heterocycles. The van der Waals surface area contributed by atoms with Crippen LogP contribution in [0.4, 0.5) is 4.79 Å². The van der Waals surface area contributed by atoms with Crippen LogP contribution in [0.25, 0.3) is 0 Å². The number of carbonyl (C=O) groups is 1. The molecule has 0 heterocycles. The maximum absolute atomic E-state index is 10.6. The minimum atomic E-state index is -0.0703. The van der Waals surface area contributed by atoms with E-state index in [1.54, 1.807) is 7.05 Å². The number of urea groups is 1. The highest BCUT2D eigenvalue weighted by Crippen LogP contribution is 2.36. The molecule has 58 valence electrons. The maximum atomic E-state index is 10.6. The highest BCUT2D eigenvalue weighted by molar-refractivity contribution is 5.73. The molecular weight excluding hydrogens is 128 g/mol. The summed E-state index contributed by atoms with van der Waals surface area (Å²) in [4.78, 5) is 10.6. The average molecular weight is 142 g/mol. The van der Waals surface area contributed by atoms with Crippen molar-refractivity contribution >= 4 is 6.03 Å². The molecule has 0 bridgehead atoms. The molecule has 0 radical (unpaired) electrons. The second kappa shape index (κ2) is 2.90. The SMILES string of the molecule is CNC(=O)NCC1CC1C. The molecule has 1 aliphatic carbocycles. The molecule has 2 N–H and O–H groups in total. The van der Waals surface area contributed by atoms with E-state index in [0.717, 1.165) is 18.4 Å². The molecule has 3 nitrogen and oxygen atoms in total. The fourth-order valence-electron chi connectivity index (χ4n) is 0.996. The zero-order valence-electron chi connectivity index (χ0n) is 6.48. The second-order valence-corrected chi connectivity index (χ2v) is 2.93. The highest BCUT2D eigenvalue weighted by Gasteiger charge is 2.32. The third kappa shape index (κ3) is 1.90. The van der Waals surface area contributed by atoms with E-state index in [1.165, 1.54) is 6.42 Å². The van der Waals surface area contributed by atoms with Gasteiger partial charge in [0.1, 0.15) is 0 Å². The van der Waals surface area contributed by atoms with E-state index >= 15 is 0 Å². The van der Waals surface area contributed by atoms with Gasteiger partial charge in [-0.3, -0.25) is 0 Å². The van der Waals surface area contributed by atoms with Crippen LogP contribution in [0.3, 0.4) is 0 Å². The van der Waals surface area contributed by atoms with Crippen molar-refractivity contribution in [2.24, 2.45) is 11.8 Å². The molecule has 0 spiro atoms. The summed E-state index contributed by atoms with van der Waals surface area (Å²) in [6.45, 7) is 3.04. The van der Waals surface area contributed by atoms with Gasteiger partial charge in [0, 0.05) is 13.6 Å². The van der Waals surface area contributed by atoms with Crippen molar-refractivity contribution in [2.75, 3.05) is 13.6 Å². The molecule has 1 aliphatic rings. The van der Waals surface area contributed by atoms with Gasteiger partial charge >= 0.3 is 6.03 Å².